The smallest absolute Gasteiger partial charge is 0.222 e. The molecule has 0 saturated carbocycles. The standard InChI is InChI=1S/C41H73N3O17/c1-25-20-26(22-45)44(21-25)33(51)16-5-3-2-4-13-28(48)27(43-32(50)15-8-11-19-59-41-39(57)37(55)35(53)30(24-47)61-41)12-6-9-17-42-31(49)14-7-10-18-58-40-38(56)36(54)34(52)29(23-46)60-40/h25-27,29-30,34-41,45-47,52-57H,2-24H2,1H3,(H,42,49)(H,43,50)/t25-,26+,27-,29?,30?,34?,35?,36?,37?,38?,39?,40?,41?/m1/s1. The molecule has 3 amide bonds. The molecule has 3 rings (SSSR count). The Morgan fingerprint density at radius 2 is 1.15 bits per heavy atom. The van der Waals surface area contributed by atoms with E-state index >= 15 is 0 Å². The van der Waals surface area contributed by atoms with Gasteiger partial charge in [-0.15, -0.1) is 0 Å². The lowest BCUT2D eigenvalue weighted by Crippen LogP contribution is -2.59. The van der Waals surface area contributed by atoms with Crippen molar-refractivity contribution in [3.63, 3.8) is 0 Å². The van der Waals surface area contributed by atoms with Crippen LogP contribution in [0, 0.1) is 5.92 Å². The fourth-order valence-electron chi connectivity index (χ4n) is 7.83. The van der Waals surface area contributed by atoms with Crippen LogP contribution in [0.3, 0.4) is 0 Å². The molecule has 3 aliphatic heterocycles. The predicted octanol–water partition coefficient (Wildman–Crippen LogP) is -2.13. The number of likely N-dealkylation sites (tertiary alicyclic amines) is 1. The van der Waals surface area contributed by atoms with Crippen molar-refractivity contribution in [1.29, 1.82) is 0 Å². The van der Waals surface area contributed by atoms with Crippen LogP contribution in [0.1, 0.15) is 110 Å². The van der Waals surface area contributed by atoms with Crippen molar-refractivity contribution in [3.05, 3.63) is 0 Å². The first-order valence-electron chi connectivity index (χ1n) is 22.1. The summed E-state index contributed by atoms with van der Waals surface area (Å²) in [7, 11) is 0. The van der Waals surface area contributed by atoms with Crippen LogP contribution in [0.15, 0.2) is 0 Å². The van der Waals surface area contributed by atoms with Crippen molar-refractivity contribution in [2.24, 2.45) is 5.92 Å². The normalized spacial score (nSPS) is 30.9. The maximum Gasteiger partial charge on any atom is 0.222 e. The van der Waals surface area contributed by atoms with E-state index in [9.17, 15) is 65.1 Å². The van der Waals surface area contributed by atoms with E-state index in [1.807, 2.05) is 0 Å². The SMILES string of the molecule is C[C@@H]1C[C@@H](CO)N(C(=O)CCCCCCC(=O)[C@@H](CCCCNC(=O)CCCCOC2OC(CO)C(O)C(O)C2O)NC(=O)CCCCOC2OC(CO)C(O)C(O)C2O)C1. The molecule has 11 N–H and O–H groups in total. The minimum atomic E-state index is -1.56. The second-order valence-corrected chi connectivity index (χ2v) is 16.6. The van der Waals surface area contributed by atoms with Gasteiger partial charge >= 0.3 is 0 Å². The monoisotopic (exact) mass is 879 g/mol. The third-order valence-corrected chi connectivity index (χ3v) is 11.5. The van der Waals surface area contributed by atoms with Gasteiger partial charge in [0.05, 0.1) is 31.9 Å². The molecule has 0 spiro atoms. The number of hydrogen-bond acceptors (Lipinski definition) is 17. The van der Waals surface area contributed by atoms with E-state index in [1.54, 1.807) is 4.90 Å². The number of hydrogen-bond donors (Lipinski definition) is 11. The molecule has 13 atom stereocenters. The number of aliphatic hydroxyl groups is 9. The van der Waals surface area contributed by atoms with Crippen LogP contribution in [-0.4, -0.2) is 194 Å². The molecular formula is C41H73N3O17. The second-order valence-electron chi connectivity index (χ2n) is 16.6. The molecule has 3 saturated heterocycles. The molecule has 0 aromatic carbocycles. The molecule has 3 heterocycles. The van der Waals surface area contributed by atoms with Crippen molar-refractivity contribution >= 4 is 23.5 Å². The zero-order valence-electron chi connectivity index (χ0n) is 35.5. The Bertz CT molecular complexity index is 1300. The highest BCUT2D eigenvalue weighted by atomic mass is 16.7. The molecule has 0 bridgehead atoms. The predicted molar refractivity (Wildman–Crippen MR) is 215 cm³/mol. The second kappa shape index (κ2) is 28.4. The Balaban J connectivity index is 1.36. The molecule has 61 heavy (non-hydrogen) atoms. The first-order valence-corrected chi connectivity index (χ1v) is 22.1. The lowest BCUT2D eigenvalue weighted by Gasteiger charge is -2.39. The Labute approximate surface area is 357 Å². The number of nitrogens with one attached hydrogen (secondary N) is 2. The first kappa shape index (κ1) is 52.9. The van der Waals surface area contributed by atoms with E-state index in [4.69, 9.17) is 18.9 Å². The fraction of sp³-hybridized carbons (Fsp3) is 0.902. The lowest BCUT2D eigenvalue weighted by molar-refractivity contribution is -0.301. The molecule has 0 aliphatic carbocycles. The molecule has 3 fully saturated rings. The van der Waals surface area contributed by atoms with Crippen molar-refractivity contribution in [2.45, 2.75) is 183 Å². The summed E-state index contributed by atoms with van der Waals surface area (Å²) in [6.07, 6.45) is -6.12. The topological polar surface area (TPSA) is 315 Å². The summed E-state index contributed by atoms with van der Waals surface area (Å²) in [6, 6.07) is -0.853. The van der Waals surface area contributed by atoms with E-state index in [2.05, 4.69) is 17.6 Å². The molecule has 10 unspecified atom stereocenters. The molecule has 20 nitrogen and oxygen atoms in total. The summed E-state index contributed by atoms with van der Waals surface area (Å²) in [4.78, 5) is 53.2. The van der Waals surface area contributed by atoms with Crippen LogP contribution < -0.4 is 10.6 Å². The Kier molecular flexibility index (Phi) is 24.6. The zero-order valence-corrected chi connectivity index (χ0v) is 35.5. The van der Waals surface area contributed by atoms with E-state index < -0.39 is 80.7 Å². The van der Waals surface area contributed by atoms with Crippen LogP contribution >= 0.6 is 0 Å². The summed E-state index contributed by atoms with van der Waals surface area (Å²) in [5, 5.41) is 93.9. The molecule has 0 aromatic heterocycles. The molecule has 354 valence electrons. The largest absolute Gasteiger partial charge is 0.394 e. The lowest BCUT2D eigenvalue weighted by atomic mass is 9.99. The number of nitrogens with zero attached hydrogens (tertiary/aromatic N) is 1. The quantitative estimate of drug-likeness (QED) is 0.0358. The summed E-state index contributed by atoms with van der Waals surface area (Å²) in [5.74, 6) is -0.222. The van der Waals surface area contributed by atoms with E-state index in [1.165, 1.54) is 0 Å². The van der Waals surface area contributed by atoms with Crippen LogP contribution in [0.5, 0.6) is 0 Å². The van der Waals surface area contributed by atoms with Crippen molar-refractivity contribution in [3.8, 4) is 0 Å². The minimum absolute atomic E-state index is 0.0394. The Morgan fingerprint density at radius 1 is 0.623 bits per heavy atom. The molecule has 0 radical (unpaired) electrons. The maximum atomic E-state index is 13.4. The van der Waals surface area contributed by atoms with Crippen molar-refractivity contribution in [2.75, 3.05) is 46.1 Å². The number of carbonyl (C=O) groups is 4. The number of ketones is 1. The van der Waals surface area contributed by atoms with Crippen molar-refractivity contribution < 1.29 is 84.1 Å². The van der Waals surface area contributed by atoms with Gasteiger partial charge in [-0.25, -0.2) is 0 Å². The highest BCUT2D eigenvalue weighted by Gasteiger charge is 2.45. The number of ether oxygens (including phenoxy) is 4. The van der Waals surface area contributed by atoms with Crippen LogP contribution in [0.4, 0.5) is 0 Å². The molecule has 0 aromatic rings. The minimum Gasteiger partial charge on any atom is -0.394 e. The number of rotatable bonds is 29. The summed E-state index contributed by atoms with van der Waals surface area (Å²) in [5.41, 5.74) is 0. The zero-order chi connectivity index (χ0) is 44.9. The van der Waals surface area contributed by atoms with Gasteiger partial charge in [0.15, 0.2) is 18.4 Å². The number of amides is 3. The van der Waals surface area contributed by atoms with Crippen LogP contribution in [0.2, 0.25) is 0 Å². The number of Topliss-reactive ketones (excluding diaryl/α,β-unsaturated/α-hetero) is 1. The average molecular weight is 880 g/mol. The van der Waals surface area contributed by atoms with Gasteiger partial charge < -0.3 is 80.4 Å². The van der Waals surface area contributed by atoms with Crippen molar-refractivity contribution in [1.82, 2.24) is 15.5 Å². The maximum absolute atomic E-state index is 13.4. The number of carbonyl (C=O) groups excluding carboxylic acids is 4. The van der Waals surface area contributed by atoms with Gasteiger partial charge in [0.25, 0.3) is 0 Å². The van der Waals surface area contributed by atoms with E-state index in [0.29, 0.717) is 83.2 Å². The highest BCUT2D eigenvalue weighted by Crippen LogP contribution is 2.25. The van der Waals surface area contributed by atoms with Gasteiger partial charge in [0.1, 0.15) is 48.8 Å². The summed E-state index contributed by atoms with van der Waals surface area (Å²) in [6.45, 7) is 2.07. The third-order valence-electron chi connectivity index (χ3n) is 11.5. The Hall–Kier alpha value is -2.44. The van der Waals surface area contributed by atoms with Gasteiger partial charge in [0, 0.05) is 52.0 Å². The van der Waals surface area contributed by atoms with Crippen LogP contribution in [0.25, 0.3) is 0 Å². The van der Waals surface area contributed by atoms with Gasteiger partial charge in [-0.2, -0.15) is 0 Å². The molecule has 20 heteroatoms. The highest BCUT2D eigenvalue weighted by molar-refractivity contribution is 5.89. The number of aliphatic hydroxyl groups excluding tert-OH is 9. The Morgan fingerprint density at radius 3 is 1.69 bits per heavy atom. The van der Waals surface area contributed by atoms with Gasteiger partial charge in [0.2, 0.25) is 17.7 Å². The fourth-order valence-corrected chi connectivity index (χ4v) is 7.83. The third kappa shape index (κ3) is 17.6. The summed E-state index contributed by atoms with van der Waals surface area (Å²) < 4.78 is 21.6. The van der Waals surface area contributed by atoms with E-state index in [0.717, 1.165) is 19.3 Å². The number of unbranched alkanes of at least 4 members (excludes halogenated alkanes) is 6. The van der Waals surface area contributed by atoms with Gasteiger partial charge in [-0.1, -0.05) is 19.8 Å². The van der Waals surface area contributed by atoms with Gasteiger partial charge in [-0.05, 0) is 70.1 Å². The molecular weight excluding hydrogens is 806 g/mol. The molecule has 3 aliphatic rings. The van der Waals surface area contributed by atoms with E-state index in [-0.39, 0.29) is 68.6 Å². The van der Waals surface area contributed by atoms with Gasteiger partial charge in [-0.3, -0.25) is 19.2 Å². The summed E-state index contributed by atoms with van der Waals surface area (Å²) >= 11 is 0. The van der Waals surface area contributed by atoms with Crippen LogP contribution in [-0.2, 0) is 38.1 Å². The first-order chi connectivity index (χ1) is 29.2. The average Bonchev–Trinajstić information content (AvgIpc) is 3.64.